The molecule has 0 bridgehead atoms. The molecule has 0 radical (unpaired) electrons. The van der Waals surface area contributed by atoms with Crippen LogP contribution in [0.3, 0.4) is 0 Å². The number of carbonyl (C=O) groups excluding carboxylic acids is 3. The molecule has 0 saturated carbocycles. The molecule has 0 unspecified atom stereocenters. The summed E-state index contributed by atoms with van der Waals surface area (Å²) < 4.78 is 66.0. The summed E-state index contributed by atoms with van der Waals surface area (Å²) in [6.45, 7) is 48.7. The highest BCUT2D eigenvalue weighted by molar-refractivity contribution is 7.96. The molecule has 404 valence electrons. The van der Waals surface area contributed by atoms with Crippen molar-refractivity contribution in [3.63, 3.8) is 0 Å². The average molecular weight is 1120 g/mol. The second-order valence-electron chi connectivity index (χ2n) is 20.3. The fraction of sp³-hybridized carbons (Fsp3) is 0.804. The third-order valence-electron chi connectivity index (χ3n) is 9.22. The maximum atomic E-state index is 11.5. The van der Waals surface area contributed by atoms with Crippen molar-refractivity contribution in [1.82, 2.24) is 0 Å². The number of carbonyl (C=O) groups is 3. The van der Waals surface area contributed by atoms with Crippen LogP contribution in [0.1, 0.15) is 87.0 Å². The first kappa shape index (κ1) is 73.0. The minimum absolute atomic E-state index is 0. The molecular formula is C46H109O12PSSi7. The van der Waals surface area contributed by atoms with Gasteiger partial charge in [-0.05, 0) is 182 Å². The van der Waals surface area contributed by atoms with Gasteiger partial charge in [-0.2, -0.15) is 0 Å². The van der Waals surface area contributed by atoms with Crippen LogP contribution < -0.4 is 0 Å². The summed E-state index contributed by atoms with van der Waals surface area (Å²) in [5.74, 6) is -1.09. The highest BCUT2D eigenvalue weighted by Gasteiger charge is 2.43. The van der Waals surface area contributed by atoms with Crippen molar-refractivity contribution < 1.29 is 60.5 Å². The molecule has 21 heteroatoms. The SMILES string of the molecule is C.C.C.C=C(C)C(=O)OCCC[Si](C)(C)O.C=CC(=O)OCCC[Si](C)(C)O[Si](C)(C)O[Si](C)(C)O[Si](C)(C)CCCOC(=O)C(=C)C.CP=S.C[Si]1(C)CCCCO1.C[Si]1(C)CCCCO1.[2H][2H].[2H][2H]. The Labute approximate surface area is 433 Å². The lowest BCUT2D eigenvalue weighted by Gasteiger charge is -2.41. The van der Waals surface area contributed by atoms with Gasteiger partial charge in [-0.1, -0.05) is 66.7 Å². The molecule has 2 aliphatic rings. The molecule has 2 aliphatic heterocycles. The van der Waals surface area contributed by atoms with Gasteiger partial charge < -0.3 is 40.2 Å². The van der Waals surface area contributed by atoms with Crippen LogP contribution >= 0.6 is 7.36 Å². The first-order valence-electron chi connectivity index (χ1n) is 24.8. The van der Waals surface area contributed by atoms with Gasteiger partial charge in [0.15, 0.2) is 41.6 Å². The molecule has 2 heterocycles. The molecule has 2 saturated heterocycles. The number of esters is 3. The Morgan fingerprint density at radius 2 is 0.970 bits per heavy atom. The molecule has 0 aromatic carbocycles. The van der Waals surface area contributed by atoms with Gasteiger partial charge >= 0.3 is 35.0 Å². The Balaban J connectivity index is -0.000000138. The topological polar surface area (TPSA) is 145 Å². The van der Waals surface area contributed by atoms with Crippen LogP contribution in [0.15, 0.2) is 37.0 Å². The Bertz CT molecular complexity index is 1390. The number of ether oxygens (including phenoxy) is 3. The normalized spacial score (nSPS) is 15.5. The third kappa shape index (κ3) is 51.6. The Morgan fingerprint density at radius 3 is 1.21 bits per heavy atom. The van der Waals surface area contributed by atoms with Gasteiger partial charge in [-0.3, -0.25) is 0 Å². The van der Waals surface area contributed by atoms with Crippen LogP contribution in [0.5, 0.6) is 0 Å². The zero-order valence-electron chi connectivity index (χ0n) is 47.5. The number of hydrogen-bond donors (Lipinski definition) is 1. The molecule has 2 rings (SSSR count). The van der Waals surface area contributed by atoms with Crippen molar-refractivity contribution >= 4 is 95.8 Å². The Hall–Kier alpha value is -0.572. The van der Waals surface area contributed by atoms with Crippen molar-refractivity contribution in [2.24, 2.45) is 0 Å². The van der Waals surface area contributed by atoms with E-state index in [-0.39, 0.29) is 34.2 Å². The van der Waals surface area contributed by atoms with Gasteiger partial charge in [-0.25, -0.2) is 14.4 Å². The molecule has 0 amide bonds. The van der Waals surface area contributed by atoms with E-state index >= 15 is 0 Å². The predicted molar refractivity (Wildman–Crippen MR) is 313 cm³/mol. The molecule has 0 aliphatic carbocycles. The summed E-state index contributed by atoms with van der Waals surface area (Å²) in [6, 6.07) is 5.25. The maximum Gasteiger partial charge on any atom is 0.333 e. The molecule has 67 heavy (non-hydrogen) atoms. The molecule has 0 aromatic heterocycles. The number of rotatable bonds is 21. The van der Waals surface area contributed by atoms with Crippen LogP contribution in [-0.2, 0) is 61.6 Å². The van der Waals surface area contributed by atoms with E-state index in [4.69, 9.17) is 41.3 Å². The smallest absolute Gasteiger partial charge is 0.333 e. The quantitative estimate of drug-likeness (QED) is 0.0291. The summed E-state index contributed by atoms with van der Waals surface area (Å²) >= 11 is 4.37. The molecule has 12 nitrogen and oxygen atoms in total. The first-order valence-corrected chi connectivity index (χ1v) is 46.4. The van der Waals surface area contributed by atoms with Crippen LogP contribution in [-0.4, -0.2) is 121 Å². The minimum atomic E-state index is -2.41. The summed E-state index contributed by atoms with van der Waals surface area (Å²) in [5, 5.41) is 0. The Morgan fingerprint density at radius 1 is 0.657 bits per heavy atom. The van der Waals surface area contributed by atoms with Gasteiger partial charge in [0, 0.05) is 36.4 Å². The van der Waals surface area contributed by atoms with E-state index < -0.39 is 64.7 Å². The van der Waals surface area contributed by atoms with Crippen LogP contribution in [0, 0.1) is 0 Å². The van der Waals surface area contributed by atoms with E-state index in [1.807, 2.05) is 19.8 Å². The van der Waals surface area contributed by atoms with Gasteiger partial charge in [0.25, 0.3) is 0 Å². The summed E-state index contributed by atoms with van der Waals surface area (Å²) in [7, 11) is -12.0. The lowest BCUT2D eigenvalue weighted by atomic mass is 10.4. The van der Waals surface area contributed by atoms with Crippen molar-refractivity contribution in [1.29, 1.82) is 0 Å². The van der Waals surface area contributed by atoms with Gasteiger partial charge in [0.1, 0.15) is 0 Å². The summed E-state index contributed by atoms with van der Waals surface area (Å²) in [4.78, 5) is 43.0. The van der Waals surface area contributed by atoms with Crippen LogP contribution in [0.2, 0.25) is 122 Å². The minimum Gasteiger partial charge on any atom is -0.463 e. The lowest BCUT2D eigenvalue weighted by Crippen LogP contribution is -2.56. The first-order chi connectivity index (χ1) is 31.1. The van der Waals surface area contributed by atoms with Crippen LogP contribution in [0.4, 0.5) is 0 Å². The monoisotopic (exact) mass is 1120 g/mol. The third-order valence-corrected chi connectivity index (χ3v) is 31.3. The maximum absolute atomic E-state index is 11.5. The van der Waals surface area contributed by atoms with E-state index in [2.05, 4.69) is 110 Å². The largest absolute Gasteiger partial charge is 0.463 e. The molecule has 2 fully saturated rings. The fourth-order valence-corrected chi connectivity index (χ4v) is 30.7. The van der Waals surface area contributed by atoms with Crippen LogP contribution in [0.25, 0.3) is 0 Å². The standard InChI is InChI=1S/C21H44O7Si4.C9H18O3Si.2C6H14OSi.CH3PS.3CH4.2H2/c1-12-20(22)24-15-13-17-29(4,5)26-31(8,9)28-32(10,11)27-30(6,7)18-14-16-25-21(23)19(2)3;1-8(2)9(10)12-6-5-7-13(3,4)11;2*1-8(2)6-4-3-5-7-8;1-2-3;;;;;/h12H,1-2,13-18H2,3-11H3;11H,1,5-7H2,2-4H3;2*3-6H2,1-2H3;1H3;3*1H4;2*1H/i;;;;;;;;2*1+1D. The highest BCUT2D eigenvalue weighted by Crippen LogP contribution is 2.28. The summed E-state index contributed by atoms with van der Waals surface area (Å²) in [6.07, 6.45) is 8.81. The zero-order valence-corrected chi connectivity index (χ0v) is 52.2. The van der Waals surface area contributed by atoms with Gasteiger partial charge in [0.2, 0.25) is 0 Å². The van der Waals surface area contributed by atoms with E-state index in [0.29, 0.717) is 31.0 Å². The van der Waals surface area contributed by atoms with Gasteiger partial charge in [-0.15, -0.1) is 0 Å². The van der Waals surface area contributed by atoms with Crippen molar-refractivity contribution in [3.05, 3.63) is 37.0 Å². The molecule has 0 aromatic rings. The molecule has 1 N–H and O–H groups in total. The Kier molecular flexibility index (Phi) is 42.5. The van der Waals surface area contributed by atoms with E-state index in [0.717, 1.165) is 58.0 Å². The summed E-state index contributed by atoms with van der Waals surface area (Å²) in [5.41, 5.74) is 0.830. The molecule has 0 spiro atoms. The zero-order chi connectivity index (χ0) is 54.5. The predicted octanol–water partition coefficient (Wildman–Crippen LogP) is 14.6. The fourth-order valence-electron chi connectivity index (χ4n) is 6.52. The molecular weight excluding hydrogens is 1000 g/mol. The van der Waals surface area contributed by atoms with E-state index in [9.17, 15) is 19.2 Å². The van der Waals surface area contributed by atoms with Gasteiger partial charge in [0.05, 0.1) is 19.8 Å². The lowest BCUT2D eigenvalue weighted by molar-refractivity contribution is -0.139. The van der Waals surface area contributed by atoms with E-state index in [1.165, 1.54) is 43.8 Å². The second-order valence-corrected chi connectivity index (χ2v) is 50.6. The van der Waals surface area contributed by atoms with E-state index in [1.54, 1.807) is 13.8 Å². The number of hydrogen-bond acceptors (Lipinski definition) is 13. The van der Waals surface area contributed by atoms with Crippen molar-refractivity contribution in [3.8, 4) is 0 Å². The van der Waals surface area contributed by atoms with Crippen molar-refractivity contribution in [2.75, 3.05) is 39.7 Å². The van der Waals surface area contributed by atoms with Crippen molar-refractivity contribution in [2.45, 2.75) is 203 Å². The second kappa shape index (κ2) is 39.0. The molecule has 0 atom stereocenters. The highest BCUT2D eigenvalue weighted by atomic mass is 32.4. The average Bonchev–Trinajstić information content (AvgIpc) is 3.20.